The van der Waals surface area contributed by atoms with E-state index in [1.807, 2.05) is 0 Å². The van der Waals surface area contributed by atoms with Crippen molar-refractivity contribution in [2.45, 2.75) is 15.8 Å². The maximum Gasteiger partial charge on any atom is 0.342 e. The fourth-order valence-electron chi connectivity index (χ4n) is 0.654. The Labute approximate surface area is 87.6 Å². The van der Waals surface area contributed by atoms with Gasteiger partial charge in [-0.3, -0.25) is 0 Å². The number of nitrogens with two attached hydrogens (primary N) is 1. The highest BCUT2D eigenvalue weighted by molar-refractivity contribution is 8.00. The molecule has 1 atom stereocenters. The first-order valence-electron chi connectivity index (χ1n) is 3.48. The molecular weight excluding hydrogens is 237 g/mol. The zero-order chi connectivity index (χ0) is 10.8. The largest absolute Gasteiger partial charge is 0.384 e. The molecule has 0 aliphatic carbocycles. The minimum atomic E-state index is -3.67. The van der Waals surface area contributed by atoms with Gasteiger partial charge in [-0.1, -0.05) is 11.6 Å². The Kier molecular flexibility index (Phi) is 3.49. The Hall–Kier alpha value is -0.620. The third-order valence-corrected chi connectivity index (χ3v) is 2.63. The van der Waals surface area contributed by atoms with Gasteiger partial charge in [0.2, 0.25) is 5.63 Å². The molecule has 0 amide bonds. The number of aromatic nitrogens is 1. The third-order valence-electron chi connectivity index (χ3n) is 1.27. The van der Waals surface area contributed by atoms with Crippen molar-refractivity contribution in [1.29, 1.82) is 0 Å². The second-order valence-corrected chi connectivity index (χ2v) is 3.99. The van der Waals surface area contributed by atoms with Crippen LogP contribution in [0, 0.1) is 0 Å². The Morgan fingerprint density at radius 1 is 1.50 bits per heavy atom. The summed E-state index contributed by atoms with van der Waals surface area (Å²) in [5.74, 6) is 0.209. The number of halogens is 4. The average molecular weight is 243 g/mol. The molecule has 0 aliphatic rings. The van der Waals surface area contributed by atoms with Crippen molar-refractivity contribution in [1.82, 2.24) is 4.98 Å². The molecule has 78 valence electrons. The predicted octanol–water partition coefficient (Wildman–Crippen LogP) is 2.88. The molecule has 1 aromatic rings. The molecule has 0 unspecified atom stereocenters. The van der Waals surface area contributed by atoms with Gasteiger partial charge in [0.25, 0.3) is 0 Å². The number of rotatable bonds is 3. The summed E-state index contributed by atoms with van der Waals surface area (Å²) in [4.78, 5) is 3.68. The van der Waals surface area contributed by atoms with Gasteiger partial charge in [0.1, 0.15) is 5.82 Å². The van der Waals surface area contributed by atoms with Gasteiger partial charge in [0, 0.05) is 11.1 Å². The van der Waals surface area contributed by atoms with Gasteiger partial charge in [0.05, 0.1) is 0 Å². The van der Waals surface area contributed by atoms with Gasteiger partial charge in [-0.05, 0) is 23.9 Å². The summed E-state index contributed by atoms with van der Waals surface area (Å²) in [7, 11) is 0. The van der Waals surface area contributed by atoms with Crippen LogP contribution in [0.25, 0.3) is 0 Å². The van der Waals surface area contributed by atoms with E-state index in [9.17, 15) is 13.2 Å². The van der Waals surface area contributed by atoms with Crippen LogP contribution in [0.1, 0.15) is 0 Å². The highest BCUT2D eigenvalue weighted by Crippen LogP contribution is 2.40. The second kappa shape index (κ2) is 4.27. The van der Waals surface area contributed by atoms with E-state index in [4.69, 9.17) is 5.73 Å². The number of nitrogens with zero attached hydrogens (tertiary/aromatic N) is 1. The summed E-state index contributed by atoms with van der Waals surface area (Å²) in [6.07, 6.45) is 1.13. The van der Waals surface area contributed by atoms with Crippen LogP contribution in [-0.2, 0) is 0 Å². The highest BCUT2D eigenvalue weighted by atomic mass is 35.5. The predicted molar refractivity (Wildman–Crippen MR) is 50.2 cm³/mol. The average Bonchev–Trinajstić information content (AvgIpc) is 2.08. The molecule has 0 aromatic carbocycles. The molecule has 7 heteroatoms. The number of nitrogen functional groups attached to an aromatic ring is 1. The minimum absolute atomic E-state index is 0.00435. The summed E-state index contributed by atoms with van der Waals surface area (Å²) in [5.41, 5.74) is 2.51. The number of alkyl halides is 4. The van der Waals surface area contributed by atoms with Gasteiger partial charge in [-0.2, -0.15) is 8.78 Å². The number of pyridine rings is 1. The number of hydrogen-bond donors (Lipinski definition) is 1. The van der Waals surface area contributed by atoms with Crippen LogP contribution in [0.4, 0.5) is 19.0 Å². The van der Waals surface area contributed by atoms with Gasteiger partial charge in [-0.15, -0.1) is 0 Å². The standard InChI is InChI=1S/C7H6ClF3N2S/c8-6(9)7(10,11)14-4-1-2-5(12)13-3-4/h1-3,6H,(H2,12,13)/t6-/m0/s1. The van der Waals surface area contributed by atoms with Crippen molar-refractivity contribution in [3.05, 3.63) is 18.3 Å². The van der Waals surface area contributed by atoms with Crippen LogP contribution in [0.3, 0.4) is 0 Å². The molecule has 0 fully saturated rings. The molecule has 0 saturated carbocycles. The highest BCUT2D eigenvalue weighted by Gasteiger charge is 2.40. The molecule has 0 radical (unpaired) electrons. The summed E-state index contributed by atoms with van der Waals surface area (Å²) in [6, 6.07) is 2.67. The fourth-order valence-corrected chi connectivity index (χ4v) is 1.43. The van der Waals surface area contributed by atoms with E-state index in [-0.39, 0.29) is 22.5 Å². The second-order valence-electron chi connectivity index (χ2n) is 2.38. The molecule has 14 heavy (non-hydrogen) atoms. The Morgan fingerprint density at radius 3 is 2.57 bits per heavy atom. The van der Waals surface area contributed by atoms with Gasteiger partial charge >= 0.3 is 5.25 Å². The van der Waals surface area contributed by atoms with Crippen LogP contribution in [0.2, 0.25) is 0 Å². The van der Waals surface area contributed by atoms with E-state index < -0.39 is 10.9 Å². The summed E-state index contributed by atoms with van der Waals surface area (Å²) in [6.45, 7) is 0. The topological polar surface area (TPSA) is 38.9 Å². The molecule has 0 spiro atoms. The van der Waals surface area contributed by atoms with Crippen molar-refractivity contribution in [2.75, 3.05) is 5.73 Å². The summed E-state index contributed by atoms with van der Waals surface area (Å²) in [5, 5.41) is -3.67. The van der Waals surface area contributed by atoms with E-state index in [1.54, 1.807) is 0 Å². The van der Waals surface area contributed by atoms with Crippen molar-refractivity contribution in [3.63, 3.8) is 0 Å². The Morgan fingerprint density at radius 2 is 2.14 bits per heavy atom. The lowest BCUT2D eigenvalue weighted by Gasteiger charge is -2.14. The molecule has 1 aromatic heterocycles. The smallest absolute Gasteiger partial charge is 0.342 e. The lowest BCUT2D eigenvalue weighted by atomic mass is 10.5. The first kappa shape index (κ1) is 11.5. The van der Waals surface area contributed by atoms with Crippen molar-refractivity contribution in [2.24, 2.45) is 0 Å². The Bertz CT molecular complexity index is 304. The molecule has 0 aliphatic heterocycles. The fraction of sp³-hybridized carbons (Fsp3) is 0.286. The molecule has 1 heterocycles. The monoisotopic (exact) mass is 242 g/mol. The maximum atomic E-state index is 12.7. The summed E-state index contributed by atoms with van der Waals surface area (Å²) >= 11 is 4.67. The molecule has 1 rings (SSSR count). The zero-order valence-corrected chi connectivity index (χ0v) is 8.33. The van der Waals surface area contributed by atoms with Crippen LogP contribution in [0.5, 0.6) is 0 Å². The van der Waals surface area contributed by atoms with Crippen LogP contribution in [-0.4, -0.2) is 15.9 Å². The first-order valence-corrected chi connectivity index (χ1v) is 4.73. The molecule has 0 saturated heterocycles. The maximum absolute atomic E-state index is 12.7. The van der Waals surface area contributed by atoms with E-state index in [0.29, 0.717) is 0 Å². The van der Waals surface area contributed by atoms with E-state index >= 15 is 0 Å². The Balaban J connectivity index is 2.74. The molecule has 0 bridgehead atoms. The van der Waals surface area contributed by atoms with Gasteiger partial charge < -0.3 is 5.73 Å². The number of hydrogen-bond acceptors (Lipinski definition) is 3. The van der Waals surface area contributed by atoms with E-state index in [1.165, 1.54) is 12.1 Å². The minimum Gasteiger partial charge on any atom is -0.384 e. The third kappa shape index (κ3) is 2.95. The van der Waals surface area contributed by atoms with Crippen LogP contribution in [0.15, 0.2) is 23.2 Å². The van der Waals surface area contributed by atoms with Crippen molar-refractivity contribution >= 4 is 29.2 Å². The number of anilines is 1. The van der Waals surface area contributed by atoms with Crippen LogP contribution < -0.4 is 5.73 Å². The lowest BCUT2D eigenvalue weighted by Crippen LogP contribution is -2.20. The SMILES string of the molecule is Nc1ccc(SC(F)(F)[C@H](F)Cl)cn1. The zero-order valence-electron chi connectivity index (χ0n) is 6.75. The molecule has 2 N–H and O–H groups in total. The van der Waals surface area contributed by atoms with E-state index in [0.717, 1.165) is 6.20 Å². The van der Waals surface area contributed by atoms with Crippen LogP contribution >= 0.6 is 23.4 Å². The normalized spacial score (nSPS) is 14.0. The van der Waals surface area contributed by atoms with Crippen molar-refractivity contribution < 1.29 is 13.2 Å². The first-order chi connectivity index (χ1) is 6.42. The van der Waals surface area contributed by atoms with E-state index in [2.05, 4.69) is 16.6 Å². The lowest BCUT2D eigenvalue weighted by molar-refractivity contribution is 0.0537. The van der Waals surface area contributed by atoms with Gasteiger partial charge in [0.15, 0.2) is 0 Å². The molecular formula is C7H6ClF3N2S. The van der Waals surface area contributed by atoms with Crippen molar-refractivity contribution in [3.8, 4) is 0 Å². The summed E-state index contributed by atoms with van der Waals surface area (Å²) < 4.78 is 37.7. The quantitative estimate of drug-likeness (QED) is 0.654. The molecule has 2 nitrogen and oxygen atoms in total. The van der Waals surface area contributed by atoms with Gasteiger partial charge in [-0.25, -0.2) is 9.37 Å². The number of thioether (sulfide) groups is 1.